The molecule has 0 amide bonds. The molecule has 0 aromatic heterocycles. The number of hydrogen-bond acceptors (Lipinski definition) is 2. The summed E-state index contributed by atoms with van der Waals surface area (Å²) in [4.78, 5) is 22.1. The van der Waals surface area contributed by atoms with Crippen molar-refractivity contribution in [1.29, 1.82) is 0 Å². The van der Waals surface area contributed by atoms with Gasteiger partial charge in [-0.3, -0.25) is 9.59 Å². The van der Waals surface area contributed by atoms with Crippen molar-refractivity contribution in [3.8, 4) is 0 Å². The molecule has 2 heteroatoms. The smallest absolute Gasteiger partial charge is 0.135 e. The molecule has 0 aliphatic heterocycles. The second kappa shape index (κ2) is 5.92. The van der Waals surface area contributed by atoms with Gasteiger partial charge in [0.15, 0.2) is 0 Å². The number of Topliss-reactive ketones (excluding diaryl/α,β-unsaturated/α-hetero) is 2. The minimum Gasteiger partial charge on any atom is -0.300 e. The lowest BCUT2D eigenvalue weighted by Crippen LogP contribution is -2.09. The van der Waals surface area contributed by atoms with Gasteiger partial charge in [-0.1, -0.05) is 20.8 Å². The van der Waals surface area contributed by atoms with Crippen LogP contribution < -0.4 is 0 Å². The summed E-state index contributed by atoms with van der Waals surface area (Å²) in [7, 11) is 0. The molecule has 0 saturated carbocycles. The third-order valence-electron chi connectivity index (χ3n) is 1.82. The predicted molar refractivity (Wildman–Crippen MR) is 49.0 cm³/mol. The topological polar surface area (TPSA) is 34.1 Å². The van der Waals surface area contributed by atoms with E-state index in [0.717, 1.165) is 6.42 Å². The Hall–Kier alpha value is -0.660. The number of carbonyl (C=O) groups excluding carboxylic acids is 2. The molecule has 12 heavy (non-hydrogen) atoms. The van der Waals surface area contributed by atoms with Crippen molar-refractivity contribution in [1.82, 2.24) is 0 Å². The summed E-state index contributed by atoms with van der Waals surface area (Å²) in [5.41, 5.74) is 0. The normalized spacial score (nSPS) is 10.3. The van der Waals surface area contributed by atoms with E-state index in [4.69, 9.17) is 0 Å². The van der Waals surface area contributed by atoms with E-state index in [9.17, 15) is 9.59 Å². The zero-order valence-electron chi connectivity index (χ0n) is 8.22. The summed E-state index contributed by atoms with van der Waals surface area (Å²) in [5.74, 6) is 0.477. The lowest BCUT2D eigenvalue weighted by atomic mass is 10.0. The summed E-state index contributed by atoms with van der Waals surface area (Å²) in [6.45, 7) is 5.71. The molecule has 2 nitrogen and oxygen atoms in total. The molecule has 0 aromatic carbocycles. The molecular weight excluding hydrogens is 152 g/mol. The Kier molecular flexibility index (Phi) is 5.60. The standard InChI is InChI=1S/C10H18O2/c1-4-5-9(11)6-7-10(12)8(2)3/h8H,4-7H2,1-3H3. The summed E-state index contributed by atoms with van der Waals surface area (Å²) >= 11 is 0. The van der Waals surface area contributed by atoms with E-state index in [0.29, 0.717) is 19.3 Å². The number of ketones is 2. The lowest BCUT2D eigenvalue weighted by molar-refractivity contribution is -0.125. The fraction of sp³-hybridized carbons (Fsp3) is 0.800. The highest BCUT2D eigenvalue weighted by atomic mass is 16.1. The third kappa shape index (κ3) is 5.05. The molecule has 0 aliphatic rings. The van der Waals surface area contributed by atoms with Crippen molar-refractivity contribution in [2.45, 2.75) is 46.5 Å². The molecule has 0 N–H and O–H groups in total. The monoisotopic (exact) mass is 170 g/mol. The van der Waals surface area contributed by atoms with E-state index in [1.54, 1.807) is 0 Å². The Morgan fingerprint density at radius 1 is 1.08 bits per heavy atom. The molecule has 0 bridgehead atoms. The highest BCUT2D eigenvalue weighted by Crippen LogP contribution is 2.04. The van der Waals surface area contributed by atoms with E-state index in [1.165, 1.54) is 0 Å². The van der Waals surface area contributed by atoms with Crippen molar-refractivity contribution >= 4 is 11.6 Å². The van der Waals surface area contributed by atoms with Gasteiger partial charge in [0.05, 0.1) is 0 Å². The van der Waals surface area contributed by atoms with Gasteiger partial charge in [-0.25, -0.2) is 0 Å². The van der Waals surface area contributed by atoms with Crippen LogP contribution >= 0.6 is 0 Å². The Bertz CT molecular complexity index is 159. The Labute approximate surface area is 74.3 Å². The summed E-state index contributed by atoms with van der Waals surface area (Å²) in [6.07, 6.45) is 2.36. The highest BCUT2D eigenvalue weighted by Gasteiger charge is 2.09. The van der Waals surface area contributed by atoms with Gasteiger partial charge in [0.2, 0.25) is 0 Å². The van der Waals surface area contributed by atoms with Crippen LogP contribution in [-0.2, 0) is 9.59 Å². The fourth-order valence-electron chi connectivity index (χ4n) is 0.955. The largest absolute Gasteiger partial charge is 0.300 e. The van der Waals surface area contributed by atoms with Crippen LogP contribution in [0.4, 0.5) is 0 Å². The van der Waals surface area contributed by atoms with Crippen LogP contribution in [0.3, 0.4) is 0 Å². The quantitative estimate of drug-likeness (QED) is 0.613. The van der Waals surface area contributed by atoms with Crippen LogP contribution in [0, 0.1) is 5.92 Å². The van der Waals surface area contributed by atoms with Gasteiger partial charge >= 0.3 is 0 Å². The summed E-state index contributed by atoms with van der Waals surface area (Å²) in [6, 6.07) is 0. The molecule has 0 spiro atoms. The fourth-order valence-corrected chi connectivity index (χ4v) is 0.955. The molecule has 0 unspecified atom stereocenters. The van der Waals surface area contributed by atoms with Crippen molar-refractivity contribution in [2.75, 3.05) is 0 Å². The molecule has 0 rings (SSSR count). The number of hydrogen-bond donors (Lipinski definition) is 0. The molecule has 0 fully saturated rings. The first kappa shape index (κ1) is 11.3. The van der Waals surface area contributed by atoms with Gasteiger partial charge in [0.25, 0.3) is 0 Å². The van der Waals surface area contributed by atoms with Crippen LogP contribution in [0.25, 0.3) is 0 Å². The van der Waals surface area contributed by atoms with Crippen LogP contribution in [0.2, 0.25) is 0 Å². The average Bonchev–Trinajstić information content (AvgIpc) is 2.00. The predicted octanol–water partition coefficient (Wildman–Crippen LogP) is 2.36. The van der Waals surface area contributed by atoms with Gasteiger partial charge < -0.3 is 0 Å². The van der Waals surface area contributed by atoms with Crippen LogP contribution in [0.5, 0.6) is 0 Å². The molecule has 0 radical (unpaired) electrons. The Morgan fingerprint density at radius 3 is 2.08 bits per heavy atom. The molecule has 0 saturated heterocycles. The lowest BCUT2D eigenvalue weighted by Gasteiger charge is -2.02. The molecular formula is C10H18O2. The first-order valence-electron chi connectivity index (χ1n) is 4.62. The second-order valence-electron chi connectivity index (χ2n) is 3.41. The summed E-state index contributed by atoms with van der Waals surface area (Å²) < 4.78 is 0. The van der Waals surface area contributed by atoms with E-state index in [1.807, 2.05) is 20.8 Å². The van der Waals surface area contributed by atoms with Gasteiger partial charge in [0, 0.05) is 25.2 Å². The maximum atomic E-state index is 11.1. The minimum absolute atomic E-state index is 0.0689. The maximum Gasteiger partial charge on any atom is 0.135 e. The highest BCUT2D eigenvalue weighted by molar-refractivity contribution is 5.86. The Morgan fingerprint density at radius 2 is 1.67 bits per heavy atom. The van der Waals surface area contributed by atoms with E-state index in [2.05, 4.69) is 0 Å². The first-order valence-corrected chi connectivity index (χ1v) is 4.62. The molecule has 0 aliphatic carbocycles. The SMILES string of the molecule is CCCC(=O)CCC(=O)C(C)C. The van der Waals surface area contributed by atoms with Crippen LogP contribution in [0.15, 0.2) is 0 Å². The van der Waals surface area contributed by atoms with Gasteiger partial charge in [-0.05, 0) is 6.42 Å². The molecule has 0 aromatic rings. The maximum absolute atomic E-state index is 11.1. The molecule has 70 valence electrons. The van der Waals surface area contributed by atoms with Gasteiger partial charge in [-0.15, -0.1) is 0 Å². The van der Waals surface area contributed by atoms with E-state index >= 15 is 0 Å². The van der Waals surface area contributed by atoms with Crippen molar-refractivity contribution in [3.63, 3.8) is 0 Å². The number of rotatable bonds is 6. The van der Waals surface area contributed by atoms with Crippen molar-refractivity contribution < 1.29 is 9.59 Å². The zero-order chi connectivity index (χ0) is 9.56. The average molecular weight is 170 g/mol. The summed E-state index contributed by atoms with van der Waals surface area (Å²) in [5, 5.41) is 0. The number of carbonyl (C=O) groups is 2. The zero-order valence-corrected chi connectivity index (χ0v) is 8.22. The van der Waals surface area contributed by atoms with Crippen LogP contribution in [-0.4, -0.2) is 11.6 Å². The van der Waals surface area contributed by atoms with E-state index < -0.39 is 0 Å². The van der Waals surface area contributed by atoms with Crippen LogP contribution in [0.1, 0.15) is 46.5 Å². The van der Waals surface area contributed by atoms with Crippen molar-refractivity contribution in [2.24, 2.45) is 5.92 Å². The first-order chi connectivity index (χ1) is 5.57. The molecule has 0 heterocycles. The minimum atomic E-state index is 0.0689. The Balaban J connectivity index is 3.54. The van der Waals surface area contributed by atoms with E-state index in [-0.39, 0.29) is 17.5 Å². The molecule has 0 atom stereocenters. The van der Waals surface area contributed by atoms with Gasteiger partial charge in [0.1, 0.15) is 11.6 Å². The third-order valence-corrected chi connectivity index (χ3v) is 1.82. The van der Waals surface area contributed by atoms with Gasteiger partial charge in [-0.2, -0.15) is 0 Å². The second-order valence-corrected chi connectivity index (χ2v) is 3.41. The van der Waals surface area contributed by atoms with Crippen molar-refractivity contribution in [3.05, 3.63) is 0 Å².